The first kappa shape index (κ1) is 18.6. The number of carbonyl (C=O) groups excluding carboxylic acids is 1. The summed E-state index contributed by atoms with van der Waals surface area (Å²) in [5.41, 5.74) is 1.53. The number of nitrogens with one attached hydrogen (secondary N) is 1. The maximum atomic E-state index is 12.9. The number of carbonyl (C=O) groups is 1. The van der Waals surface area contributed by atoms with Gasteiger partial charge in [0.2, 0.25) is 20.9 Å². The molecule has 9 heteroatoms. The van der Waals surface area contributed by atoms with E-state index in [1.54, 1.807) is 13.8 Å². The lowest BCUT2D eigenvalue weighted by Gasteiger charge is -2.26. The molecule has 2 aromatic heterocycles. The molecular formula is C17H24N4O4S. The first-order valence-electron chi connectivity index (χ1n) is 8.79. The van der Waals surface area contributed by atoms with Gasteiger partial charge in [0.15, 0.2) is 5.82 Å². The topological polar surface area (TPSA) is 107 Å². The van der Waals surface area contributed by atoms with E-state index in [1.165, 1.54) is 12.5 Å². The largest absolute Gasteiger partial charge is 0.360 e. The van der Waals surface area contributed by atoms with Crippen LogP contribution in [0.25, 0.3) is 0 Å². The van der Waals surface area contributed by atoms with Crippen molar-refractivity contribution in [3.8, 4) is 0 Å². The van der Waals surface area contributed by atoms with Gasteiger partial charge in [-0.25, -0.2) is 13.4 Å². The number of aromatic nitrogens is 3. The second-order valence-corrected chi connectivity index (χ2v) is 8.74. The van der Waals surface area contributed by atoms with E-state index in [4.69, 9.17) is 4.52 Å². The third-order valence-electron chi connectivity index (χ3n) is 4.79. The maximum absolute atomic E-state index is 12.9. The number of amides is 1. The molecule has 3 rings (SSSR count). The second-order valence-electron chi connectivity index (χ2n) is 6.86. The summed E-state index contributed by atoms with van der Waals surface area (Å²) in [4.78, 5) is 16.5. The monoisotopic (exact) mass is 380 g/mol. The highest BCUT2D eigenvalue weighted by Gasteiger charge is 2.31. The van der Waals surface area contributed by atoms with Gasteiger partial charge in [-0.1, -0.05) is 24.4 Å². The van der Waals surface area contributed by atoms with Gasteiger partial charge < -0.3 is 14.4 Å². The van der Waals surface area contributed by atoms with Crippen LogP contribution < -0.4 is 5.32 Å². The van der Waals surface area contributed by atoms with Crippen LogP contribution in [0.5, 0.6) is 0 Å². The van der Waals surface area contributed by atoms with E-state index < -0.39 is 21.5 Å². The van der Waals surface area contributed by atoms with Crippen molar-refractivity contribution in [1.82, 2.24) is 14.7 Å². The number of imidazole rings is 1. The summed E-state index contributed by atoms with van der Waals surface area (Å²) >= 11 is 0. The van der Waals surface area contributed by atoms with E-state index in [2.05, 4.69) is 15.5 Å². The van der Waals surface area contributed by atoms with Crippen molar-refractivity contribution >= 4 is 21.6 Å². The van der Waals surface area contributed by atoms with Crippen LogP contribution >= 0.6 is 0 Å². The Morgan fingerprint density at radius 1 is 1.27 bits per heavy atom. The highest BCUT2D eigenvalue weighted by molar-refractivity contribution is 7.92. The Morgan fingerprint density at radius 2 is 1.96 bits per heavy atom. The van der Waals surface area contributed by atoms with Crippen LogP contribution in [-0.4, -0.2) is 34.8 Å². The van der Waals surface area contributed by atoms with Crippen LogP contribution in [0, 0.1) is 20.8 Å². The molecule has 0 radical (unpaired) electrons. The van der Waals surface area contributed by atoms with Crippen molar-refractivity contribution in [3.05, 3.63) is 23.2 Å². The lowest BCUT2D eigenvalue weighted by molar-refractivity contribution is -0.113. The lowest BCUT2D eigenvalue weighted by Crippen LogP contribution is -2.27. The summed E-state index contributed by atoms with van der Waals surface area (Å²) in [5, 5.41) is 6.09. The zero-order valence-corrected chi connectivity index (χ0v) is 16.1. The molecule has 1 aliphatic rings. The number of hydrogen-bond acceptors (Lipinski definition) is 6. The van der Waals surface area contributed by atoms with Gasteiger partial charge in [-0.05, 0) is 33.6 Å². The minimum absolute atomic E-state index is 0.00844. The summed E-state index contributed by atoms with van der Waals surface area (Å²) in [6, 6.07) is 1.65. The number of hydrogen-bond donors (Lipinski definition) is 1. The zero-order chi connectivity index (χ0) is 18.9. The Balaban J connectivity index is 1.84. The van der Waals surface area contributed by atoms with Crippen molar-refractivity contribution in [2.24, 2.45) is 0 Å². The van der Waals surface area contributed by atoms with Crippen molar-refractivity contribution in [3.63, 3.8) is 0 Å². The smallest absolute Gasteiger partial charge is 0.241 e. The molecule has 1 fully saturated rings. The molecule has 1 saturated carbocycles. The third-order valence-corrected chi connectivity index (χ3v) is 6.28. The summed E-state index contributed by atoms with van der Waals surface area (Å²) < 4.78 is 32.4. The highest BCUT2D eigenvalue weighted by Crippen LogP contribution is 2.32. The molecule has 26 heavy (non-hydrogen) atoms. The van der Waals surface area contributed by atoms with Crippen LogP contribution in [0.2, 0.25) is 0 Å². The lowest BCUT2D eigenvalue weighted by atomic mass is 9.95. The van der Waals surface area contributed by atoms with E-state index in [0.717, 1.165) is 31.4 Å². The molecular weight excluding hydrogens is 356 g/mol. The standard InChI is InChI=1S/C17H24N4O4S/c1-11-9-15(20-25-11)19-16(22)10-26(23,24)17-18-12(2)13(3)21(17)14-7-5-4-6-8-14/h9,14H,4-8,10H2,1-3H3,(H,19,20,22). The number of nitrogens with zero attached hydrogens (tertiary/aromatic N) is 3. The second kappa shape index (κ2) is 7.22. The summed E-state index contributed by atoms with van der Waals surface area (Å²) in [5.74, 6) is -0.610. The van der Waals surface area contributed by atoms with Crippen molar-refractivity contribution < 1.29 is 17.7 Å². The minimum atomic E-state index is -3.87. The summed E-state index contributed by atoms with van der Waals surface area (Å²) in [6.45, 7) is 5.37. The van der Waals surface area contributed by atoms with Gasteiger partial charge >= 0.3 is 0 Å². The Kier molecular flexibility index (Phi) is 5.17. The quantitative estimate of drug-likeness (QED) is 0.854. The molecule has 0 spiro atoms. The molecule has 142 valence electrons. The molecule has 0 aliphatic heterocycles. The molecule has 1 amide bonds. The zero-order valence-electron chi connectivity index (χ0n) is 15.3. The van der Waals surface area contributed by atoms with E-state index in [1.807, 2.05) is 11.5 Å². The molecule has 0 saturated heterocycles. The van der Waals surface area contributed by atoms with Gasteiger partial charge in [-0.3, -0.25) is 4.79 Å². The molecule has 0 aromatic carbocycles. The average molecular weight is 380 g/mol. The summed E-state index contributed by atoms with van der Waals surface area (Å²) in [7, 11) is -3.87. The normalized spacial score (nSPS) is 16.0. The fourth-order valence-corrected chi connectivity index (χ4v) is 4.83. The molecule has 1 N–H and O–H groups in total. The Hall–Kier alpha value is -2.16. The first-order chi connectivity index (χ1) is 12.3. The molecule has 0 unspecified atom stereocenters. The number of anilines is 1. The van der Waals surface area contributed by atoms with Crippen molar-refractivity contribution in [1.29, 1.82) is 0 Å². The van der Waals surface area contributed by atoms with E-state index in [0.29, 0.717) is 11.5 Å². The van der Waals surface area contributed by atoms with E-state index in [-0.39, 0.29) is 17.0 Å². The Labute approximate surface area is 152 Å². The molecule has 0 bridgehead atoms. The third kappa shape index (κ3) is 3.82. The first-order valence-corrected chi connectivity index (χ1v) is 10.4. The SMILES string of the molecule is Cc1cc(NC(=O)CS(=O)(=O)c2nc(C)c(C)n2C2CCCCC2)no1. The molecule has 2 aromatic rings. The van der Waals surface area contributed by atoms with Crippen LogP contribution in [0.3, 0.4) is 0 Å². The highest BCUT2D eigenvalue weighted by atomic mass is 32.2. The molecule has 0 atom stereocenters. The minimum Gasteiger partial charge on any atom is -0.360 e. The predicted molar refractivity (Wildman–Crippen MR) is 95.7 cm³/mol. The Morgan fingerprint density at radius 3 is 2.58 bits per heavy atom. The summed E-state index contributed by atoms with van der Waals surface area (Å²) in [6.07, 6.45) is 5.19. The van der Waals surface area contributed by atoms with E-state index >= 15 is 0 Å². The van der Waals surface area contributed by atoms with Gasteiger partial charge in [0.1, 0.15) is 11.5 Å². The van der Waals surface area contributed by atoms with Gasteiger partial charge in [-0.15, -0.1) is 0 Å². The Bertz CT molecular complexity index is 907. The number of aryl methyl sites for hydroxylation is 2. The van der Waals surface area contributed by atoms with Crippen LogP contribution in [0.4, 0.5) is 5.82 Å². The van der Waals surface area contributed by atoms with Gasteiger partial charge in [0.05, 0.1) is 5.69 Å². The van der Waals surface area contributed by atoms with E-state index in [9.17, 15) is 13.2 Å². The van der Waals surface area contributed by atoms with Crippen molar-refractivity contribution in [2.75, 3.05) is 11.1 Å². The molecule has 1 aliphatic carbocycles. The van der Waals surface area contributed by atoms with Gasteiger partial charge in [0.25, 0.3) is 0 Å². The van der Waals surface area contributed by atoms with Crippen LogP contribution in [0.1, 0.15) is 55.3 Å². The number of rotatable bonds is 5. The molecule has 2 heterocycles. The van der Waals surface area contributed by atoms with Crippen molar-refractivity contribution in [2.45, 2.75) is 64.1 Å². The fraction of sp³-hybridized carbons (Fsp3) is 0.588. The molecule has 8 nitrogen and oxygen atoms in total. The average Bonchev–Trinajstić information content (AvgIpc) is 3.12. The maximum Gasteiger partial charge on any atom is 0.241 e. The van der Waals surface area contributed by atoms with Crippen LogP contribution in [-0.2, 0) is 14.6 Å². The fourth-order valence-electron chi connectivity index (χ4n) is 3.43. The van der Waals surface area contributed by atoms with Gasteiger partial charge in [-0.2, -0.15) is 0 Å². The number of sulfone groups is 1. The van der Waals surface area contributed by atoms with Gasteiger partial charge in [0, 0.05) is 17.8 Å². The predicted octanol–water partition coefficient (Wildman–Crippen LogP) is 2.71. The van der Waals surface area contributed by atoms with Crippen LogP contribution in [0.15, 0.2) is 15.7 Å².